The van der Waals surface area contributed by atoms with Gasteiger partial charge in [0.1, 0.15) is 29.7 Å². The first-order valence-electron chi connectivity index (χ1n) is 8.93. The average molecular weight is 391 g/mol. The summed E-state index contributed by atoms with van der Waals surface area (Å²) in [5.74, 6) is -1.62. The first-order chi connectivity index (χ1) is 13.2. The van der Waals surface area contributed by atoms with E-state index in [1.807, 2.05) is 19.9 Å². The highest BCUT2D eigenvalue weighted by Crippen LogP contribution is 2.42. The Labute approximate surface area is 163 Å². The number of ether oxygens (including phenoxy) is 2. The van der Waals surface area contributed by atoms with Crippen LogP contribution in [-0.4, -0.2) is 41.2 Å². The molecule has 28 heavy (non-hydrogen) atoms. The van der Waals surface area contributed by atoms with E-state index in [0.717, 1.165) is 11.1 Å². The number of hydrogen-bond donors (Lipinski definition) is 3. The summed E-state index contributed by atoms with van der Waals surface area (Å²) in [6, 6.07) is -0.938. The van der Waals surface area contributed by atoms with Gasteiger partial charge in [-0.05, 0) is 39.2 Å². The van der Waals surface area contributed by atoms with Crippen molar-refractivity contribution in [2.45, 2.75) is 52.7 Å². The zero-order chi connectivity index (χ0) is 21.0. The largest absolute Gasteiger partial charge is 0.507 e. The van der Waals surface area contributed by atoms with E-state index in [2.05, 4.69) is 5.32 Å². The van der Waals surface area contributed by atoms with E-state index in [1.54, 1.807) is 0 Å². The van der Waals surface area contributed by atoms with E-state index in [0.29, 0.717) is 29.7 Å². The van der Waals surface area contributed by atoms with Crippen molar-refractivity contribution in [3.63, 3.8) is 0 Å². The summed E-state index contributed by atoms with van der Waals surface area (Å²) >= 11 is 0. The Morgan fingerprint density at radius 3 is 2.64 bits per heavy atom. The standard InChI is InChI=1S/C20H25NO7/c1-10(6-8-15(22)21-12(3)19(24)25)5-7-13-17(23)16-14(9-28-20(16)26)11(2)18(13)27-4/h5,12,23H,6-9H2,1-4H3,(H,21,22)(H,24,25)/b10-5+/t12-/m0/s1. The number of esters is 1. The topological polar surface area (TPSA) is 122 Å². The number of carbonyl (C=O) groups excluding carboxylic acids is 2. The van der Waals surface area contributed by atoms with Crippen molar-refractivity contribution in [2.24, 2.45) is 0 Å². The lowest BCUT2D eigenvalue weighted by atomic mass is 9.94. The molecule has 0 spiro atoms. The second-order valence-electron chi connectivity index (χ2n) is 6.80. The number of aliphatic carboxylic acids is 1. The van der Waals surface area contributed by atoms with E-state index in [4.69, 9.17) is 14.6 Å². The number of nitrogens with one attached hydrogen (secondary N) is 1. The Balaban J connectivity index is 2.12. The molecule has 0 saturated heterocycles. The van der Waals surface area contributed by atoms with Crippen LogP contribution in [0.3, 0.4) is 0 Å². The van der Waals surface area contributed by atoms with Gasteiger partial charge in [0.2, 0.25) is 5.91 Å². The molecule has 1 aromatic carbocycles. The molecule has 0 bridgehead atoms. The number of methoxy groups -OCH3 is 1. The summed E-state index contributed by atoms with van der Waals surface area (Å²) in [5, 5.41) is 21.8. The van der Waals surface area contributed by atoms with Gasteiger partial charge in [-0.2, -0.15) is 0 Å². The predicted molar refractivity (Wildman–Crippen MR) is 100 cm³/mol. The molecule has 152 valence electrons. The Morgan fingerprint density at radius 1 is 1.36 bits per heavy atom. The lowest BCUT2D eigenvalue weighted by Gasteiger charge is -2.15. The zero-order valence-electron chi connectivity index (χ0n) is 16.4. The molecular formula is C20H25NO7. The van der Waals surface area contributed by atoms with E-state index in [1.165, 1.54) is 14.0 Å². The van der Waals surface area contributed by atoms with E-state index < -0.39 is 18.0 Å². The number of hydrogen-bond acceptors (Lipinski definition) is 6. The number of aromatic hydroxyl groups is 1. The molecule has 2 rings (SSSR count). The van der Waals surface area contributed by atoms with Crippen molar-refractivity contribution in [1.29, 1.82) is 0 Å². The van der Waals surface area contributed by atoms with E-state index in [-0.39, 0.29) is 30.2 Å². The molecule has 0 aromatic heterocycles. The molecule has 0 radical (unpaired) electrons. The number of rotatable bonds is 8. The van der Waals surface area contributed by atoms with Crippen LogP contribution in [0.1, 0.15) is 53.7 Å². The zero-order valence-corrected chi connectivity index (χ0v) is 16.4. The summed E-state index contributed by atoms with van der Waals surface area (Å²) in [6.07, 6.45) is 2.75. The Bertz CT molecular complexity index is 842. The molecular weight excluding hydrogens is 366 g/mol. The minimum Gasteiger partial charge on any atom is -0.507 e. The van der Waals surface area contributed by atoms with Crippen LogP contribution in [0.4, 0.5) is 0 Å². The van der Waals surface area contributed by atoms with Crippen molar-refractivity contribution < 1.29 is 34.1 Å². The third-order valence-corrected chi connectivity index (χ3v) is 4.80. The number of phenols is 1. The van der Waals surface area contributed by atoms with Crippen LogP contribution < -0.4 is 10.1 Å². The molecule has 1 amide bonds. The maximum Gasteiger partial charge on any atom is 0.342 e. The smallest absolute Gasteiger partial charge is 0.342 e. The highest BCUT2D eigenvalue weighted by atomic mass is 16.5. The van der Waals surface area contributed by atoms with Crippen LogP contribution in [0, 0.1) is 6.92 Å². The minimum atomic E-state index is -1.09. The van der Waals surface area contributed by atoms with Gasteiger partial charge in [0.05, 0.1) is 7.11 Å². The number of cyclic esters (lactones) is 1. The summed E-state index contributed by atoms with van der Waals surface area (Å²) in [6.45, 7) is 5.17. The number of fused-ring (bicyclic) bond motifs is 1. The number of carboxylic acids is 1. The van der Waals surface area contributed by atoms with E-state index in [9.17, 15) is 19.5 Å². The van der Waals surface area contributed by atoms with Crippen LogP contribution in [-0.2, 0) is 27.4 Å². The van der Waals surface area contributed by atoms with Crippen molar-refractivity contribution in [2.75, 3.05) is 7.11 Å². The van der Waals surface area contributed by atoms with Gasteiger partial charge in [0.25, 0.3) is 0 Å². The first-order valence-corrected chi connectivity index (χ1v) is 8.93. The van der Waals surface area contributed by atoms with Gasteiger partial charge in [-0.1, -0.05) is 11.6 Å². The summed E-state index contributed by atoms with van der Waals surface area (Å²) < 4.78 is 10.5. The SMILES string of the molecule is COc1c(C)c2c(c(O)c1C/C=C(\C)CCC(=O)N[C@@H](C)C(=O)O)C(=O)OC2. The van der Waals surface area contributed by atoms with Crippen LogP contribution in [0.25, 0.3) is 0 Å². The second kappa shape index (κ2) is 8.77. The van der Waals surface area contributed by atoms with Gasteiger partial charge in [0.15, 0.2) is 0 Å². The Morgan fingerprint density at radius 2 is 2.04 bits per heavy atom. The van der Waals surface area contributed by atoms with Crippen LogP contribution >= 0.6 is 0 Å². The third kappa shape index (κ3) is 4.44. The monoisotopic (exact) mass is 391 g/mol. The fourth-order valence-corrected chi connectivity index (χ4v) is 3.09. The molecule has 0 aliphatic carbocycles. The molecule has 0 saturated carbocycles. The van der Waals surface area contributed by atoms with Crippen LogP contribution in [0.2, 0.25) is 0 Å². The molecule has 1 heterocycles. The molecule has 1 aliphatic heterocycles. The number of amides is 1. The minimum absolute atomic E-state index is 0.114. The van der Waals surface area contributed by atoms with Crippen molar-refractivity contribution in [3.05, 3.63) is 33.9 Å². The molecule has 0 unspecified atom stereocenters. The summed E-state index contributed by atoms with van der Waals surface area (Å²) in [7, 11) is 1.50. The fourth-order valence-electron chi connectivity index (χ4n) is 3.09. The molecule has 1 aliphatic rings. The maximum atomic E-state index is 11.9. The second-order valence-corrected chi connectivity index (χ2v) is 6.80. The number of phenolic OH excluding ortho intramolecular Hbond substituents is 1. The summed E-state index contributed by atoms with van der Waals surface area (Å²) in [5.41, 5.74) is 2.94. The van der Waals surface area contributed by atoms with E-state index >= 15 is 0 Å². The highest BCUT2D eigenvalue weighted by Gasteiger charge is 2.31. The fraction of sp³-hybridized carbons (Fsp3) is 0.450. The third-order valence-electron chi connectivity index (χ3n) is 4.80. The number of carboxylic acid groups (broad SMARTS) is 1. The quantitative estimate of drug-likeness (QED) is 0.459. The van der Waals surface area contributed by atoms with Gasteiger partial charge in [-0.3, -0.25) is 9.59 Å². The number of carbonyl (C=O) groups is 3. The Hall–Kier alpha value is -3.03. The van der Waals surface area contributed by atoms with Crippen molar-refractivity contribution in [1.82, 2.24) is 5.32 Å². The average Bonchev–Trinajstić information content (AvgIpc) is 3.03. The lowest BCUT2D eigenvalue weighted by molar-refractivity contribution is -0.141. The van der Waals surface area contributed by atoms with Gasteiger partial charge >= 0.3 is 11.9 Å². The molecule has 3 N–H and O–H groups in total. The van der Waals surface area contributed by atoms with Crippen molar-refractivity contribution in [3.8, 4) is 11.5 Å². The van der Waals surface area contributed by atoms with Gasteiger partial charge < -0.3 is 25.0 Å². The van der Waals surface area contributed by atoms with Crippen LogP contribution in [0.5, 0.6) is 11.5 Å². The number of benzene rings is 1. The van der Waals surface area contributed by atoms with Crippen LogP contribution in [0.15, 0.2) is 11.6 Å². The normalized spacial score (nSPS) is 14.3. The number of allylic oxidation sites excluding steroid dienone is 2. The van der Waals surface area contributed by atoms with Gasteiger partial charge in [-0.25, -0.2) is 4.79 Å². The molecule has 1 aromatic rings. The Kier molecular flexibility index (Phi) is 6.66. The first kappa shape index (κ1) is 21.3. The molecule has 8 heteroatoms. The summed E-state index contributed by atoms with van der Waals surface area (Å²) in [4.78, 5) is 34.5. The van der Waals surface area contributed by atoms with Gasteiger partial charge in [-0.15, -0.1) is 0 Å². The highest BCUT2D eigenvalue weighted by molar-refractivity contribution is 5.98. The van der Waals surface area contributed by atoms with Crippen molar-refractivity contribution >= 4 is 17.8 Å². The molecule has 0 fully saturated rings. The maximum absolute atomic E-state index is 11.9. The molecule has 8 nitrogen and oxygen atoms in total. The molecule has 1 atom stereocenters. The van der Waals surface area contributed by atoms with Gasteiger partial charge in [0, 0.05) is 17.5 Å². The lowest BCUT2D eigenvalue weighted by Crippen LogP contribution is -2.38. The predicted octanol–water partition coefficient (Wildman–Crippen LogP) is 2.24.